The van der Waals surface area contributed by atoms with Crippen LogP contribution in [-0.2, 0) is 21.2 Å². The molecule has 2 N–H and O–H groups in total. The van der Waals surface area contributed by atoms with Crippen LogP contribution >= 0.6 is 0 Å². The number of hydrogen-bond acceptors (Lipinski definition) is 4. The van der Waals surface area contributed by atoms with Gasteiger partial charge in [0.2, 0.25) is 15.9 Å². The van der Waals surface area contributed by atoms with Gasteiger partial charge in [0, 0.05) is 25.5 Å². The van der Waals surface area contributed by atoms with Crippen molar-refractivity contribution in [3.63, 3.8) is 0 Å². The van der Waals surface area contributed by atoms with Crippen LogP contribution in [-0.4, -0.2) is 47.5 Å². The second kappa shape index (κ2) is 5.93. The Labute approximate surface area is 135 Å². The lowest BCUT2D eigenvalue weighted by Crippen LogP contribution is -2.31. The first-order chi connectivity index (χ1) is 10.8. The van der Waals surface area contributed by atoms with Crippen LogP contribution in [0.1, 0.15) is 17.7 Å². The third-order valence-corrected chi connectivity index (χ3v) is 5.10. The molecule has 2 aromatic heterocycles. The Morgan fingerprint density at radius 2 is 2.26 bits per heavy atom. The van der Waals surface area contributed by atoms with Crippen LogP contribution in [0.5, 0.6) is 0 Å². The quantitative estimate of drug-likeness (QED) is 0.869. The minimum absolute atomic E-state index is 0.0250. The van der Waals surface area contributed by atoms with Gasteiger partial charge in [-0.3, -0.25) is 4.79 Å². The first-order valence-corrected chi connectivity index (χ1v) is 9.25. The fraction of sp³-hybridized carbons (Fsp3) is 0.467. The van der Waals surface area contributed by atoms with E-state index in [0.717, 1.165) is 16.9 Å². The summed E-state index contributed by atoms with van der Waals surface area (Å²) in [6, 6.07) is 3.92. The van der Waals surface area contributed by atoms with Crippen molar-refractivity contribution in [2.45, 2.75) is 19.8 Å². The van der Waals surface area contributed by atoms with Gasteiger partial charge in [-0.05, 0) is 30.9 Å². The van der Waals surface area contributed by atoms with Gasteiger partial charge in [-0.15, -0.1) is 0 Å². The summed E-state index contributed by atoms with van der Waals surface area (Å²) in [5, 5.41) is 5.07. The average Bonchev–Trinajstić information content (AvgIpc) is 3.04. The van der Waals surface area contributed by atoms with Crippen LogP contribution in [0.3, 0.4) is 0 Å². The van der Waals surface area contributed by atoms with Crippen molar-refractivity contribution < 1.29 is 13.2 Å². The van der Waals surface area contributed by atoms with E-state index < -0.39 is 10.0 Å². The lowest BCUT2D eigenvalue weighted by atomic mass is 10.2. The number of primary sulfonamides is 1. The number of fused-ring (bicyclic) bond motifs is 1. The van der Waals surface area contributed by atoms with Crippen molar-refractivity contribution >= 4 is 21.6 Å². The van der Waals surface area contributed by atoms with Gasteiger partial charge in [-0.2, -0.15) is 0 Å². The van der Waals surface area contributed by atoms with E-state index in [9.17, 15) is 13.2 Å². The normalized spacial score (nSPS) is 18.7. The predicted molar refractivity (Wildman–Crippen MR) is 86.3 cm³/mol. The molecule has 3 rings (SSSR count). The number of carbonyl (C=O) groups excluding carboxylic acids is 1. The lowest BCUT2D eigenvalue weighted by molar-refractivity contribution is -0.129. The van der Waals surface area contributed by atoms with E-state index in [1.807, 2.05) is 35.9 Å². The van der Waals surface area contributed by atoms with Crippen molar-refractivity contribution in [2.24, 2.45) is 11.1 Å². The minimum Gasteiger partial charge on any atom is -0.342 e. The number of imidazole rings is 1. The van der Waals surface area contributed by atoms with Crippen LogP contribution in [0.15, 0.2) is 24.5 Å². The Kier molecular flexibility index (Phi) is 4.11. The fourth-order valence-electron chi connectivity index (χ4n) is 3.08. The zero-order valence-electron chi connectivity index (χ0n) is 13.0. The second-order valence-electron chi connectivity index (χ2n) is 6.16. The highest BCUT2D eigenvalue weighted by Gasteiger charge is 2.29. The van der Waals surface area contributed by atoms with Crippen molar-refractivity contribution in [3.05, 3.63) is 35.8 Å². The molecule has 0 spiro atoms. The number of carbonyl (C=O) groups is 1. The topological polar surface area (TPSA) is 97.8 Å². The second-order valence-corrected chi connectivity index (χ2v) is 7.81. The molecule has 2 aromatic rings. The summed E-state index contributed by atoms with van der Waals surface area (Å²) < 4.78 is 24.2. The molecule has 1 saturated heterocycles. The Morgan fingerprint density at radius 1 is 1.48 bits per heavy atom. The molecule has 1 atom stereocenters. The Hall–Kier alpha value is -1.93. The first-order valence-electron chi connectivity index (χ1n) is 7.53. The van der Waals surface area contributed by atoms with Gasteiger partial charge in [0.15, 0.2) is 0 Å². The molecule has 1 fully saturated rings. The minimum atomic E-state index is -3.49. The predicted octanol–water partition coefficient (Wildman–Crippen LogP) is 0.322. The van der Waals surface area contributed by atoms with Crippen molar-refractivity contribution in [2.75, 3.05) is 18.8 Å². The molecule has 124 valence electrons. The number of pyridine rings is 1. The maximum Gasteiger partial charge on any atom is 0.228 e. The highest BCUT2D eigenvalue weighted by molar-refractivity contribution is 7.89. The molecule has 1 amide bonds. The molecule has 7 nitrogen and oxygen atoms in total. The zero-order valence-corrected chi connectivity index (χ0v) is 13.8. The standard InChI is InChI=1S/C15H20N4O3S/c1-11-3-2-5-19-9-13(17-15(11)19)7-14(20)18-6-4-12(8-18)10-23(16,21)22/h2-3,5,9,12H,4,6-8,10H2,1H3,(H2,16,21,22). The number of aromatic nitrogens is 2. The Balaban J connectivity index is 1.66. The van der Waals surface area contributed by atoms with Crippen LogP contribution in [0, 0.1) is 12.8 Å². The smallest absolute Gasteiger partial charge is 0.228 e. The van der Waals surface area contributed by atoms with E-state index in [4.69, 9.17) is 5.14 Å². The number of rotatable bonds is 4. The summed E-state index contributed by atoms with van der Waals surface area (Å²) in [7, 11) is -3.49. The molecule has 3 heterocycles. The fourth-order valence-corrected chi connectivity index (χ4v) is 4.01. The van der Waals surface area contributed by atoms with Gasteiger partial charge in [0.25, 0.3) is 0 Å². The maximum atomic E-state index is 12.4. The number of amides is 1. The molecule has 1 aliphatic rings. The molecule has 8 heteroatoms. The lowest BCUT2D eigenvalue weighted by Gasteiger charge is -2.15. The van der Waals surface area contributed by atoms with E-state index in [2.05, 4.69) is 4.98 Å². The Morgan fingerprint density at radius 3 is 2.96 bits per heavy atom. The zero-order chi connectivity index (χ0) is 16.6. The van der Waals surface area contributed by atoms with Gasteiger partial charge in [0.1, 0.15) is 5.65 Å². The molecular formula is C15H20N4O3S. The SMILES string of the molecule is Cc1cccn2cc(CC(=O)N3CCC(CS(N)(=O)=O)C3)nc12. The van der Waals surface area contributed by atoms with Crippen LogP contribution in [0.25, 0.3) is 5.65 Å². The van der Waals surface area contributed by atoms with Gasteiger partial charge < -0.3 is 9.30 Å². The monoisotopic (exact) mass is 336 g/mol. The van der Waals surface area contributed by atoms with Crippen LogP contribution < -0.4 is 5.14 Å². The molecule has 0 bridgehead atoms. The highest BCUT2D eigenvalue weighted by Crippen LogP contribution is 2.19. The number of nitrogens with two attached hydrogens (primary N) is 1. The molecule has 1 unspecified atom stereocenters. The molecule has 23 heavy (non-hydrogen) atoms. The van der Waals surface area contributed by atoms with Gasteiger partial charge in [-0.25, -0.2) is 18.5 Å². The number of hydrogen-bond donors (Lipinski definition) is 1. The molecule has 0 radical (unpaired) electrons. The summed E-state index contributed by atoms with van der Waals surface area (Å²) in [6.45, 7) is 3.00. The van der Waals surface area contributed by atoms with Gasteiger partial charge in [0.05, 0.1) is 17.9 Å². The number of likely N-dealkylation sites (tertiary alicyclic amines) is 1. The molecule has 0 aliphatic carbocycles. The van der Waals surface area contributed by atoms with Crippen molar-refractivity contribution in [1.82, 2.24) is 14.3 Å². The van der Waals surface area contributed by atoms with Crippen LogP contribution in [0.4, 0.5) is 0 Å². The summed E-state index contributed by atoms with van der Waals surface area (Å²) in [6.07, 6.45) is 4.66. The maximum absolute atomic E-state index is 12.4. The summed E-state index contributed by atoms with van der Waals surface area (Å²) in [4.78, 5) is 18.6. The van der Waals surface area contributed by atoms with E-state index in [0.29, 0.717) is 19.5 Å². The number of nitrogens with zero attached hydrogens (tertiary/aromatic N) is 3. The molecule has 0 saturated carbocycles. The molecule has 0 aromatic carbocycles. The highest BCUT2D eigenvalue weighted by atomic mass is 32.2. The summed E-state index contributed by atoms with van der Waals surface area (Å²) >= 11 is 0. The molecule has 1 aliphatic heterocycles. The number of sulfonamides is 1. The van der Waals surface area contributed by atoms with E-state index in [-0.39, 0.29) is 24.0 Å². The largest absolute Gasteiger partial charge is 0.342 e. The van der Waals surface area contributed by atoms with Crippen molar-refractivity contribution in [1.29, 1.82) is 0 Å². The van der Waals surface area contributed by atoms with Gasteiger partial charge in [-0.1, -0.05) is 6.07 Å². The first kappa shape index (κ1) is 15.9. The van der Waals surface area contributed by atoms with E-state index >= 15 is 0 Å². The van der Waals surface area contributed by atoms with E-state index in [1.54, 1.807) is 4.90 Å². The summed E-state index contributed by atoms with van der Waals surface area (Å²) in [5.41, 5.74) is 2.63. The Bertz CT molecular complexity index is 844. The van der Waals surface area contributed by atoms with Gasteiger partial charge >= 0.3 is 0 Å². The third-order valence-electron chi connectivity index (χ3n) is 4.17. The number of aryl methyl sites for hydroxylation is 1. The molecular weight excluding hydrogens is 316 g/mol. The third kappa shape index (κ3) is 3.70. The van der Waals surface area contributed by atoms with E-state index in [1.165, 1.54) is 0 Å². The average molecular weight is 336 g/mol. The van der Waals surface area contributed by atoms with Crippen LogP contribution in [0.2, 0.25) is 0 Å². The summed E-state index contributed by atoms with van der Waals surface area (Å²) in [5.74, 6) is -0.162. The van der Waals surface area contributed by atoms with Crippen molar-refractivity contribution in [3.8, 4) is 0 Å².